The zero-order chi connectivity index (χ0) is 19.2. The average molecular weight is 375 g/mol. The van der Waals surface area contributed by atoms with Gasteiger partial charge in [-0.15, -0.1) is 13.2 Å². The number of hydrogen-bond donors (Lipinski definition) is 0. The van der Waals surface area contributed by atoms with E-state index in [-0.39, 0.29) is 49.0 Å². The van der Waals surface area contributed by atoms with Gasteiger partial charge in [-0.25, -0.2) is 4.79 Å². The molecule has 0 saturated heterocycles. The minimum Gasteiger partial charge on any atom is -0.550 e. The van der Waals surface area contributed by atoms with Gasteiger partial charge in [0.25, 0.3) is 0 Å². The van der Waals surface area contributed by atoms with Crippen LogP contribution in [0.2, 0.25) is 0 Å². The smallest absolute Gasteiger partial charge is 0.550 e. The van der Waals surface area contributed by atoms with Gasteiger partial charge in [0.05, 0.1) is 6.61 Å². The maximum Gasteiger partial charge on any atom is 1.00 e. The minimum absolute atomic E-state index is 0. The predicted octanol–water partition coefficient (Wildman–Crippen LogP) is -1.87. The van der Waals surface area contributed by atoms with E-state index in [1.54, 1.807) is 19.1 Å². The van der Waals surface area contributed by atoms with Crippen molar-refractivity contribution >= 4 is 23.8 Å². The third kappa shape index (κ3) is 10.5. The molecule has 0 spiro atoms. The van der Waals surface area contributed by atoms with Gasteiger partial charge < -0.3 is 14.6 Å². The zero-order valence-electron chi connectivity index (χ0n) is 15.7. The van der Waals surface area contributed by atoms with Crippen molar-refractivity contribution in [2.75, 3.05) is 6.61 Å². The number of allylic oxidation sites excluding steroid dienone is 2. The molecule has 0 aliphatic heterocycles. The summed E-state index contributed by atoms with van der Waals surface area (Å²) in [7, 11) is 0. The first-order valence-corrected chi connectivity index (χ1v) is 8.32. The van der Waals surface area contributed by atoms with Gasteiger partial charge >= 0.3 is 35.5 Å². The Kier molecular flexibility index (Phi) is 16.3. The van der Waals surface area contributed by atoms with Crippen LogP contribution in [0.15, 0.2) is 25.3 Å². The Morgan fingerprint density at radius 3 is 1.85 bits per heavy atom. The zero-order valence-corrected chi connectivity index (χ0v) is 17.7. The minimum atomic E-state index is -1.54. The summed E-state index contributed by atoms with van der Waals surface area (Å²) in [6.07, 6.45) is 4.49. The van der Waals surface area contributed by atoms with Crippen molar-refractivity contribution in [3.8, 4) is 0 Å². The Bertz CT molecular complexity index is 480. The second kappa shape index (κ2) is 15.8. The van der Waals surface area contributed by atoms with E-state index in [2.05, 4.69) is 13.2 Å². The molecule has 0 aliphatic carbocycles. The number of rotatable bonds is 13. The summed E-state index contributed by atoms with van der Waals surface area (Å²) < 4.78 is 4.83. The van der Waals surface area contributed by atoms with Gasteiger partial charge in [-0.05, 0) is 32.6 Å². The van der Waals surface area contributed by atoms with E-state index in [4.69, 9.17) is 4.74 Å². The number of unbranched alkanes of at least 4 members (excludes halogenated alkanes) is 2. The van der Waals surface area contributed by atoms with Crippen LogP contribution in [0.3, 0.4) is 0 Å². The maximum atomic E-state index is 12.5. The quantitative estimate of drug-likeness (QED) is 0.162. The predicted molar refractivity (Wildman–Crippen MR) is 90.0 cm³/mol. The summed E-state index contributed by atoms with van der Waals surface area (Å²) >= 11 is 0. The number of carboxylic acids is 1. The SMILES string of the molecule is C=CCCCC(=O)N(C(=O)CCCC=C)C(CC(=O)[O-])C(=O)OCC.[Na+]. The van der Waals surface area contributed by atoms with Crippen LogP contribution in [0.1, 0.15) is 51.9 Å². The molecule has 26 heavy (non-hydrogen) atoms. The monoisotopic (exact) mass is 375 g/mol. The van der Waals surface area contributed by atoms with Crippen molar-refractivity contribution in [3.63, 3.8) is 0 Å². The van der Waals surface area contributed by atoms with Crippen molar-refractivity contribution in [1.82, 2.24) is 4.90 Å². The summed E-state index contributed by atoms with van der Waals surface area (Å²) in [5.74, 6) is -3.68. The van der Waals surface area contributed by atoms with Crippen molar-refractivity contribution in [2.45, 2.75) is 57.9 Å². The third-order valence-electron chi connectivity index (χ3n) is 3.37. The first kappa shape index (κ1) is 26.8. The van der Waals surface area contributed by atoms with Crippen LogP contribution in [0, 0.1) is 0 Å². The van der Waals surface area contributed by atoms with Gasteiger partial charge in [0.2, 0.25) is 11.8 Å². The van der Waals surface area contributed by atoms with E-state index in [1.165, 1.54) is 0 Å². The molecule has 0 aliphatic rings. The van der Waals surface area contributed by atoms with Crippen LogP contribution in [0.25, 0.3) is 0 Å². The van der Waals surface area contributed by atoms with E-state index >= 15 is 0 Å². The van der Waals surface area contributed by atoms with Crippen molar-refractivity contribution in [3.05, 3.63) is 25.3 Å². The van der Waals surface area contributed by atoms with E-state index in [1.807, 2.05) is 0 Å². The number of amides is 2. The second-order valence-electron chi connectivity index (χ2n) is 5.36. The Morgan fingerprint density at radius 1 is 1.04 bits per heavy atom. The molecule has 1 unspecified atom stereocenters. The fraction of sp³-hybridized carbons (Fsp3) is 0.556. The summed E-state index contributed by atoms with van der Waals surface area (Å²) in [6.45, 7) is 8.66. The van der Waals surface area contributed by atoms with Crippen LogP contribution in [0.5, 0.6) is 0 Å². The number of carbonyl (C=O) groups excluding carboxylic acids is 4. The fourth-order valence-electron chi connectivity index (χ4n) is 2.20. The number of nitrogens with zero attached hydrogens (tertiary/aromatic N) is 1. The molecule has 0 aromatic rings. The molecule has 0 aromatic carbocycles. The molecule has 0 heterocycles. The number of carboxylic acid groups (broad SMARTS) is 1. The molecule has 0 bridgehead atoms. The molecule has 0 aromatic heterocycles. The van der Waals surface area contributed by atoms with Gasteiger partial charge in [-0.1, -0.05) is 12.2 Å². The first-order valence-electron chi connectivity index (χ1n) is 8.32. The number of carbonyl (C=O) groups is 4. The molecule has 0 rings (SSSR count). The molecular weight excluding hydrogens is 349 g/mol. The van der Waals surface area contributed by atoms with E-state index in [9.17, 15) is 24.3 Å². The molecule has 0 radical (unpaired) electrons. The molecule has 2 amide bonds. The number of esters is 1. The molecule has 0 saturated carbocycles. The van der Waals surface area contributed by atoms with Crippen molar-refractivity contribution in [2.24, 2.45) is 0 Å². The van der Waals surface area contributed by atoms with Crippen LogP contribution in [0.4, 0.5) is 0 Å². The first-order chi connectivity index (χ1) is 11.9. The average Bonchev–Trinajstić information content (AvgIpc) is 2.54. The Labute approximate surface area is 176 Å². The maximum absolute atomic E-state index is 12.5. The second-order valence-corrected chi connectivity index (χ2v) is 5.36. The van der Waals surface area contributed by atoms with E-state index in [0.29, 0.717) is 25.7 Å². The molecule has 0 fully saturated rings. The van der Waals surface area contributed by atoms with Crippen LogP contribution >= 0.6 is 0 Å². The standard InChI is InChI=1S/C18H27NO6.Na/c1-4-7-9-11-15(20)19(16(21)12-10-8-5-2)14(13-17(22)23)18(24)25-6-3;/h4-5,14H,1-2,6-13H2,3H3,(H,22,23);/q;+1/p-1. The summed E-state index contributed by atoms with van der Waals surface area (Å²) in [5, 5.41) is 11.0. The number of hydrogen-bond acceptors (Lipinski definition) is 6. The van der Waals surface area contributed by atoms with Crippen molar-refractivity contribution in [1.29, 1.82) is 0 Å². The summed E-state index contributed by atoms with van der Waals surface area (Å²) in [5.41, 5.74) is 0. The number of ether oxygens (including phenoxy) is 1. The third-order valence-corrected chi connectivity index (χ3v) is 3.37. The molecule has 1 atom stereocenters. The summed E-state index contributed by atoms with van der Waals surface area (Å²) in [6, 6.07) is -1.52. The van der Waals surface area contributed by atoms with Gasteiger partial charge in [0.15, 0.2) is 0 Å². The molecule has 140 valence electrons. The van der Waals surface area contributed by atoms with E-state index in [0.717, 1.165) is 4.90 Å². The van der Waals surface area contributed by atoms with Gasteiger partial charge in [-0.3, -0.25) is 14.5 Å². The van der Waals surface area contributed by atoms with E-state index < -0.39 is 36.2 Å². The summed E-state index contributed by atoms with van der Waals surface area (Å²) in [4.78, 5) is 48.7. The topological polar surface area (TPSA) is 104 Å². The van der Waals surface area contributed by atoms with Gasteiger partial charge in [0, 0.05) is 25.2 Å². The van der Waals surface area contributed by atoms with Crippen molar-refractivity contribution < 1.29 is 58.6 Å². The van der Waals surface area contributed by atoms with Crippen LogP contribution < -0.4 is 34.7 Å². The number of aliphatic carboxylic acids is 1. The van der Waals surface area contributed by atoms with Gasteiger partial charge in [-0.2, -0.15) is 0 Å². The Balaban J connectivity index is 0. The molecule has 7 nitrogen and oxygen atoms in total. The molecule has 8 heteroatoms. The Morgan fingerprint density at radius 2 is 1.50 bits per heavy atom. The number of imide groups is 1. The van der Waals surface area contributed by atoms with Gasteiger partial charge in [0.1, 0.15) is 6.04 Å². The normalized spacial score (nSPS) is 10.8. The molecular formula is C18H26NNaO6. The fourth-order valence-corrected chi connectivity index (χ4v) is 2.20. The van der Waals surface area contributed by atoms with Crippen LogP contribution in [-0.4, -0.2) is 41.3 Å². The van der Waals surface area contributed by atoms with Crippen LogP contribution in [-0.2, 0) is 23.9 Å². The Hall–Kier alpha value is -1.44. The largest absolute Gasteiger partial charge is 1.00 e. The molecule has 0 N–H and O–H groups in total.